The number of carboxylic acids is 1. The molecule has 2 aliphatic carbocycles. The van der Waals surface area contributed by atoms with Crippen molar-refractivity contribution < 1.29 is 19.4 Å². The average Bonchev–Trinajstić information content (AvgIpc) is 3.25. The van der Waals surface area contributed by atoms with Gasteiger partial charge in [0.2, 0.25) is 0 Å². The maximum atomic E-state index is 11.8. The lowest BCUT2D eigenvalue weighted by molar-refractivity contribution is -0.142. The largest absolute Gasteiger partial charge is 0.481 e. The molecule has 0 aromatic carbocycles. The van der Waals surface area contributed by atoms with Crippen LogP contribution in [0.2, 0.25) is 0 Å². The van der Waals surface area contributed by atoms with Gasteiger partial charge in [0.1, 0.15) is 5.92 Å². The van der Waals surface area contributed by atoms with E-state index in [1.165, 1.54) is 25.7 Å². The van der Waals surface area contributed by atoms with Crippen molar-refractivity contribution in [1.29, 1.82) is 0 Å². The molecule has 3 rings (SSSR count). The van der Waals surface area contributed by atoms with Crippen molar-refractivity contribution >= 4 is 12.0 Å². The number of urea groups is 1. The molecular weight excluding hydrogens is 248 g/mol. The van der Waals surface area contributed by atoms with E-state index in [-0.39, 0.29) is 19.2 Å². The van der Waals surface area contributed by atoms with Gasteiger partial charge in [0.05, 0.1) is 19.3 Å². The predicted octanol–water partition coefficient (Wildman–Crippen LogP) is 0.575. The van der Waals surface area contributed by atoms with Gasteiger partial charge >= 0.3 is 12.0 Å². The van der Waals surface area contributed by atoms with Gasteiger partial charge in [-0.25, -0.2) is 4.79 Å². The maximum Gasteiger partial charge on any atom is 0.315 e. The predicted molar refractivity (Wildman–Crippen MR) is 66.7 cm³/mol. The number of carbonyl (C=O) groups excluding carboxylic acids is 1. The second kappa shape index (κ2) is 4.67. The topological polar surface area (TPSA) is 87.7 Å². The minimum absolute atomic E-state index is 0.173. The highest BCUT2D eigenvalue weighted by atomic mass is 16.5. The van der Waals surface area contributed by atoms with Crippen molar-refractivity contribution in [3.63, 3.8) is 0 Å². The Kier molecular flexibility index (Phi) is 3.12. The van der Waals surface area contributed by atoms with Crippen molar-refractivity contribution in [2.45, 2.75) is 31.7 Å². The summed E-state index contributed by atoms with van der Waals surface area (Å²) in [5.74, 6) is -0.752. The molecule has 2 atom stereocenters. The zero-order chi connectivity index (χ0) is 13.5. The van der Waals surface area contributed by atoms with Gasteiger partial charge in [-0.3, -0.25) is 4.79 Å². The summed E-state index contributed by atoms with van der Waals surface area (Å²) in [6, 6.07) is -0.692. The number of carbonyl (C=O) groups is 2. The minimum Gasteiger partial charge on any atom is -0.481 e. The number of rotatable bonds is 5. The summed E-state index contributed by atoms with van der Waals surface area (Å²) < 4.78 is 5.11. The Morgan fingerprint density at radius 2 is 2.00 bits per heavy atom. The van der Waals surface area contributed by atoms with E-state index < -0.39 is 17.9 Å². The fourth-order valence-electron chi connectivity index (χ4n) is 3.00. The Hall–Kier alpha value is -1.30. The second-order valence-electron chi connectivity index (χ2n) is 6.05. The molecule has 106 valence electrons. The lowest BCUT2D eigenvalue weighted by atomic mass is 10.0. The maximum absolute atomic E-state index is 11.8. The molecule has 0 aromatic rings. The summed E-state index contributed by atoms with van der Waals surface area (Å²) in [6.07, 6.45) is 5.01. The highest BCUT2D eigenvalue weighted by Gasteiger charge is 2.53. The van der Waals surface area contributed by atoms with Crippen molar-refractivity contribution in [3.8, 4) is 0 Å². The fraction of sp³-hybridized carbons (Fsp3) is 0.846. The van der Waals surface area contributed by atoms with Crippen LogP contribution < -0.4 is 10.6 Å². The molecule has 19 heavy (non-hydrogen) atoms. The summed E-state index contributed by atoms with van der Waals surface area (Å²) in [5, 5.41) is 14.6. The van der Waals surface area contributed by atoms with Crippen LogP contribution in [0.1, 0.15) is 25.7 Å². The third-order valence-electron chi connectivity index (χ3n) is 4.65. The zero-order valence-electron chi connectivity index (χ0n) is 10.9. The lowest BCUT2D eigenvalue weighted by Gasteiger charge is -2.19. The van der Waals surface area contributed by atoms with Gasteiger partial charge in [0.15, 0.2) is 0 Å². The van der Waals surface area contributed by atoms with Crippen molar-refractivity contribution in [2.75, 3.05) is 19.8 Å². The van der Waals surface area contributed by atoms with E-state index in [4.69, 9.17) is 9.84 Å². The quantitative estimate of drug-likeness (QED) is 0.680. The summed E-state index contributed by atoms with van der Waals surface area (Å²) in [7, 11) is 0. The molecule has 6 heteroatoms. The molecule has 2 amide bonds. The molecule has 2 saturated carbocycles. The van der Waals surface area contributed by atoms with Crippen LogP contribution in [-0.4, -0.2) is 42.9 Å². The van der Waals surface area contributed by atoms with E-state index in [1.807, 2.05) is 0 Å². The molecule has 1 heterocycles. The van der Waals surface area contributed by atoms with E-state index in [9.17, 15) is 9.59 Å². The number of hydrogen-bond acceptors (Lipinski definition) is 3. The first-order valence-electron chi connectivity index (χ1n) is 6.96. The van der Waals surface area contributed by atoms with E-state index in [0.29, 0.717) is 5.41 Å². The molecule has 1 saturated heterocycles. The number of ether oxygens (including phenoxy) is 1. The SMILES string of the molecule is O=C(NCC1(C2CC2)CC1)NC1COCC1C(=O)O. The minimum atomic E-state index is -0.917. The molecular formula is C13H20N2O4. The van der Waals surface area contributed by atoms with E-state index >= 15 is 0 Å². The molecule has 1 aliphatic heterocycles. The molecule has 3 fully saturated rings. The Bertz CT molecular complexity index is 390. The van der Waals surface area contributed by atoms with Crippen molar-refractivity contribution in [1.82, 2.24) is 10.6 Å². The van der Waals surface area contributed by atoms with Gasteiger partial charge in [0, 0.05) is 6.54 Å². The average molecular weight is 268 g/mol. The number of nitrogens with one attached hydrogen (secondary N) is 2. The highest BCUT2D eigenvalue weighted by Crippen LogP contribution is 2.60. The number of hydrogen-bond donors (Lipinski definition) is 3. The van der Waals surface area contributed by atoms with Crippen LogP contribution in [0.5, 0.6) is 0 Å². The third kappa shape index (κ3) is 2.68. The van der Waals surface area contributed by atoms with Gasteiger partial charge < -0.3 is 20.5 Å². The molecule has 0 aromatic heterocycles. The summed E-state index contributed by atoms with van der Waals surface area (Å²) in [6.45, 7) is 1.17. The molecule has 0 bridgehead atoms. The van der Waals surface area contributed by atoms with Crippen LogP contribution in [-0.2, 0) is 9.53 Å². The molecule has 3 N–H and O–H groups in total. The van der Waals surface area contributed by atoms with Gasteiger partial charge in [-0.15, -0.1) is 0 Å². The smallest absolute Gasteiger partial charge is 0.315 e. The van der Waals surface area contributed by atoms with Gasteiger partial charge in [-0.1, -0.05) is 0 Å². The molecule has 3 aliphatic rings. The molecule has 2 unspecified atom stereocenters. The summed E-state index contributed by atoms with van der Waals surface area (Å²) >= 11 is 0. The normalized spacial score (nSPS) is 31.8. The standard InChI is InChI=1S/C13H20N2O4/c16-11(17)9-5-19-6-10(9)15-12(18)14-7-13(3-4-13)8-1-2-8/h8-10H,1-7H2,(H,16,17)(H2,14,15,18). The number of aliphatic carboxylic acids is 1. The monoisotopic (exact) mass is 268 g/mol. The first-order valence-corrected chi connectivity index (χ1v) is 6.96. The highest BCUT2D eigenvalue weighted by molar-refractivity contribution is 5.77. The fourth-order valence-corrected chi connectivity index (χ4v) is 3.00. The number of amides is 2. The lowest BCUT2D eigenvalue weighted by Crippen LogP contribution is -2.48. The summed E-state index contributed by atoms with van der Waals surface area (Å²) in [5.41, 5.74) is 0.357. The molecule has 6 nitrogen and oxygen atoms in total. The Morgan fingerprint density at radius 3 is 2.58 bits per heavy atom. The van der Waals surface area contributed by atoms with Gasteiger partial charge in [-0.2, -0.15) is 0 Å². The van der Waals surface area contributed by atoms with Crippen LogP contribution in [0.15, 0.2) is 0 Å². The van der Waals surface area contributed by atoms with E-state index in [2.05, 4.69) is 10.6 Å². The van der Waals surface area contributed by atoms with Crippen LogP contribution in [0.25, 0.3) is 0 Å². The first-order chi connectivity index (χ1) is 9.11. The van der Waals surface area contributed by atoms with Crippen molar-refractivity contribution in [3.05, 3.63) is 0 Å². The zero-order valence-corrected chi connectivity index (χ0v) is 10.9. The first kappa shape index (κ1) is 12.7. The van der Waals surface area contributed by atoms with Crippen LogP contribution in [0, 0.1) is 17.3 Å². The van der Waals surface area contributed by atoms with E-state index in [0.717, 1.165) is 12.5 Å². The molecule has 0 spiro atoms. The van der Waals surface area contributed by atoms with E-state index in [1.54, 1.807) is 0 Å². The van der Waals surface area contributed by atoms with Crippen molar-refractivity contribution in [2.24, 2.45) is 17.3 Å². The third-order valence-corrected chi connectivity index (χ3v) is 4.65. The molecule has 0 radical (unpaired) electrons. The van der Waals surface area contributed by atoms with Crippen LogP contribution in [0.4, 0.5) is 4.79 Å². The Morgan fingerprint density at radius 1 is 1.26 bits per heavy atom. The number of carboxylic acid groups (broad SMARTS) is 1. The Labute approximate surface area is 111 Å². The summed E-state index contributed by atoms with van der Waals surface area (Å²) in [4.78, 5) is 22.8. The van der Waals surface area contributed by atoms with Crippen LogP contribution >= 0.6 is 0 Å². The van der Waals surface area contributed by atoms with Gasteiger partial charge in [-0.05, 0) is 37.0 Å². The Balaban J connectivity index is 1.44. The van der Waals surface area contributed by atoms with Crippen LogP contribution in [0.3, 0.4) is 0 Å². The van der Waals surface area contributed by atoms with Gasteiger partial charge in [0.25, 0.3) is 0 Å². The second-order valence-corrected chi connectivity index (χ2v) is 6.05.